The summed E-state index contributed by atoms with van der Waals surface area (Å²) in [5.41, 5.74) is 2.89. The number of aryl methyl sites for hydroxylation is 1. The van der Waals surface area contributed by atoms with Crippen molar-refractivity contribution in [2.24, 2.45) is 0 Å². The van der Waals surface area contributed by atoms with Crippen molar-refractivity contribution in [3.8, 4) is 5.69 Å². The summed E-state index contributed by atoms with van der Waals surface area (Å²) in [6, 6.07) is 16.2. The van der Waals surface area contributed by atoms with Crippen LogP contribution in [0.2, 0.25) is 5.02 Å². The molecule has 0 unspecified atom stereocenters. The molecule has 1 heterocycles. The van der Waals surface area contributed by atoms with Crippen molar-refractivity contribution in [2.75, 3.05) is 17.2 Å². The van der Waals surface area contributed by atoms with Gasteiger partial charge in [-0.3, -0.25) is 4.79 Å². The number of carbonyl (C=O) groups excluding carboxylic acids is 2. The van der Waals surface area contributed by atoms with Crippen LogP contribution in [0.15, 0.2) is 54.6 Å². The van der Waals surface area contributed by atoms with Crippen LogP contribution < -0.4 is 10.6 Å². The minimum atomic E-state index is -0.338. The topological polar surface area (TPSA) is 79.3 Å². The summed E-state index contributed by atoms with van der Waals surface area (Å²) < 4.78 is 1.63. The predicted octanol–water partition coefficient (Wildman–Crippen LogP) is 6.01. The minimum absolute atomic E-state index is 0.117. The quantitative estimate of drug-likeness (QED) is 0.452. The third kappa shape index (κ3) is 5.97. The Kier molecular flexibility index (Phi) is 7.67. The summed E-state index contributed by atoms with van der Waals surface area (Å²) in [4.78, 5) is 27.5. The van der Waals surface area contributed by atoms with Gasteiger partial charge < -0.3 is 15.5 Å². The molecule has 1 aromatic heterocycles. The maximum atomic E-state index is 13.1. The molecule has 34 heavy (non-hydrogen) atoms. The van der Waals surface area contributed by atoms with Crippen LogP contribution in [0, 0.1) is 6.92 Å². The number of anilines is 2. The van der Waals surface area contributed by atoms with Crippen molar-refractivity contribution < 1.29 is 9.59 Å². The fourth-order valence-corrected chi connectivity index (χ4v) is 3.59. The first kappa shape index (κ1) is 25.3. The Morgan fingerprint density at radius 3 is 2.32 bits per heavy atom. The van der Waals surface area contributed by atoms with E-state index >= 15 is 0 Å². The molecule has 2 N–H and O–H groups in total. The van der Waals surface area contributed by atoms with Crippen molar-refractivity contribution in [1.29, 1.82) is 0 Å². The molecule has 0 saturated heterocycles. The zero-order chi connectivity index (χ0) is 25.0. The van der Waals surface area contributed by atoms with E-state index in [1.165, 1.54) is 4.90 Å². The Balaban J connectivity index is 1.83. The number of benzene rings is 2. The SMILES string of the molecule is Cc1ccccc1NC(=O)N(CC(=O)Nc1cc(C(C)(C)C)nn1-c1ccccc1Cl)C(C)C. The molecule has 0 aliphatic carbocycles. The molecule has 180 valence electrons. The molecule has 0 aliphatic heterocycles. The van der Waals surface area contributed by atoms with E-state index in [-0.39, 0.29) is 29.9 Å². The van der Waals surface area contributed by atoms with Crippen LogP contribution in [0.1, 0.15) is 45.9 Å². The average Bonchev–Trinajstić information content (AvgIpc) is 3.17. The van der Waals surface area contributed by atoms with E-state index in [1.807, 2.05) is 90.1 Å². The molecule has 0 saturated carbocycles. The summed E-state index contributed by atoms with van der Waals surface area (Å²) >= 11 is 6.41. The normalized spacial score (nSPS) is 11.4. The Morgan fingerprint density at radius 2 is 1.71 bits per heavy atom. The number of nitrogens with one attached hydrogen (secondary N) is 2. The molecule has 0 atom stereocenters. The number of nitrogens with zero attached hydrogens (tertiary/aromatic N) is 3. The van der Waals surface area contributed by atoms with Crippen molar-refractivity contribution >= 4 is 35.0 Å². The number of amides is 3. The molecule has 0 aliphatic rings. The van der Waals surface area contributed by atoms with Crippen LogP contribution in [0.4, 0.5) is 16.3 Å². The molecule has 0 bridgehead atoms. The fourth-order valence-electron chi connectivity index (χ4n) is 3.37. The van der Waals surface area contributed by atoms with Crippen LogP contribution in [0.5, 0.6) is 0 Å². The van der Waals surface area contributed by atoms with Gasteiger partial charge in [0.1, 0.15) is 12.4 Å². The van der Waals surface area contributed by atoms with Crippen LogP contribution in [-0.2, 0) is 10.2 Å². The number of carbonyl (C=O) groups is 2. The van der Waals surface area contributed by atoms with Gasteiger partial charge in [0.25, 0.3) is 0 Å². The lowest BCUT2D eigenvalue weighted by Crippen LogP contribution is -2.44. The summed E-state index contributed by atoms with van der Waals surface area (Å²) in [6.07, 6.45) is 0. The van der Waals surface area contributed by atoms with E-state index < -0.39 is 0 Å². The summed E-state index contributed by atoms with van der Waals surface area (Å²) in [5, 5.41) is 11.0. The lowest BCUT2D eigenvalue weighted by atomic mass is 9.92. The Bertz CT molecular complexity index is 1180. The fraction of sp³-hybridized carbons (Fsp3) is 0.346. The van der Waals surface area contributed by atoms with Gasteiger partial charge in [-0.05, 0) is 44.5 Å². The number of hydrogen-bond donors (Lipinski definition) is 2. The number of urea groups is 1. The van der Waals surface area contributed by atoms with Crippen molar-refractivity contribution in [1.82, 2.24) is 14.7 Å². The molecule has 8 heteroatoms. The summed E-state index contributed by atoms with van der Waals surface area (Å²) in [5.74, 6) is 0.160. The van der Waals surface area contributed by atoms with Gasteiger partial charge >= 0.3 is 6.03 Å². The Morgan fingerprint density at radius 1 is 1.06 bits per heavy atom. The second-order valence-electron chi connectivity index (χ2n) is 9.54. The molecule has 0 radical (unpaired) electrons. The van der Waals surface area contributed by atoms with Gasteiger partial charge in [-0.2, -0.15) is 5.10 Å². The highest BCUT2D eigenvalue weighted by Crippen LogP contribution is 2.29. The molecular formula is C26H32ClN5O2. The van der Waals surface area contributed by atoms with Gasteiger partial charge in [-0.25, -0.2) is 9.48 Å². The highest BCUT2D eigenvalue weighted by molar-refractivity contribution is 6.32. The highest BCUT2D eigenvalue weighted by atomic mass is 35.5. The average molecular weight is 482 g/mol. The van der Waals surface area contributed by atoms with E-state index in [2.05, 4.69) is 10.6 Å². The zero-order valence-corrected chi connectivity index (χ0v) is 21.3. The van der Waals surface area contributed by atoms with E-state index in [1.54, 1.807) is 10.7 Å². The van der Waals surface area contributed by atoms with Crippen molar-refractivity contribution in [3.05, 3.63) is 70.9 Å². The van der Waals surface area contributed by atoms with Gasteiger partial charge in [0.15, 0.2) is 0 Å². The Hall–Kier alpha value is -3.32. The van der Waals surface area contributed by atoms with Gasteiger partial charge in [-0.15, -0.1) is 0 Å². The smallest absolute Gasteiger partial charge is 0.313 e. The molecule has 7 nitrogen and oxygen atoms in total. The largest absolute Gasteiger partial charge is 0.322 e. The van der Waals surface area contributed by atoms with Crippen LogP contribution >= 0.6 is 11.6 Å². The number of aromatic nitrogens is 2. The number of rotatable bonds is 6. The second-order valence-corrected chi connectivity index (χ2v) is 9.95. The van der Waals surface area contributed by atoms with E-state index in [9.17, 15) is 9.59 Å². The molecular weight excluding hydrogens is 450 g/mol. The molecule has 3 amide bonds. The first-order valence-electron chi connectivity index (χ1n) is 11.3. The van der Waals surface area contributed by atoms with Crippen LogP contribution in [0.25, 0.3) is 5.69 Å². The maximum Gasteiger partial charge on any atom is 0.322 e. The molecule has 2 aromatic carbocycles. The van der Waals surface area contributed by atoms with Crippen LogP contribution in [-0.4, -0.2) is 39.2 Å². The van der Waals surface area contributed by atoms with Gasteiger partial charge in [0.2, 0.25) is 5.91 Å². The first-order chi connectivity index (χ1) is 16.0. The van der Waals surface area contributed by atoms with Crippen LogP contribution in [0.3, 0.4) is 0 Å². The first-order valence-corrected chi connectivity index (χ1v) is 11.6. The van der Waals surface area contributed by atoms with Crippen molar-refractivity contribution in [2.45, 2.75) is 53.0 Å². The lowest BCUT2D eigenvalue weighted by molar-refractivity contribution is -0.117. The standard InChI is InChI=1S/C26H32ClN5O2/c1-17(2)31(25(34)28-20-13-9-7-11-18(20)3)16-24(33)29-23-15-22(26(4,5)6)30-32(23)21-14-10-8-12-19(21)27/h7-15,17H,16H2,1-6H3,(H,28,34)(H,29,33). The number of hydrogen-bond acceptors (Lipinski definition) is 3. The third-order valence-electron chi connectivity index (χ3n) is 5.41. The zero-order valence-electron chi connectivity index (χ0n) is 20.5. The molecule has 3 aromatic rings. The number of halogens is 1. The maximum absolute atomic E-state index is 13.1. The molecule has 3 rings (SSSR count). The summed E-state index contributed by atoms with van der Waals surface area (Å²) in [7, 11) is 0. The van der Waals surface area contributed by atoms with Gasteiger partial charge in [-0.1, -0.05) is 62.7 Å². The second kappa shape index (κ2) is 10.3. The predicted molar refractivity (Wildman–Crippen MR) is 138 cm³/mol. The van der Waals surface area contributed by atoms with Gasteiger partial charge in [0, 0.05) is 23.2 Å². The van der Waals surface area contributed by atoms with E-state index in [4.69, 9.17) is 16.7 Å². The lowest BCUT2D eigenvalue weighted by Gasteiger charge is -2.26. The summed E-state index contributed by atoms with van der Waals surface area (Å²) in [6.45, 7) is 11.7. The van der Waals surface area contributed by atoms with Gasteiger partial charge in [0.05, 0.1) is 16.4 Å². The Labute approximate surface area is 206 Å². The molecule has 0 spiro atoms. The van der Waals surface area contributed by atoms with Crippen molar-refractivity contribution in [3.63, 3.8) is 0 Å². The molecule has 0 fully saturated rings. The monoisotopic (exact) mass is 481 g/mol. The van der Waals surface area contributed by atoms with E-state index in [0.717, 1.165) is 11.3 Å². The number of para-hydroxylation sites is 2. The highest BCUT2D eigenvalue weighted by Gasteiger charge is 2.25. The minimum Gasteiger partial charge on any atom is -0.313 e. The van der Waals surface area contributed by atoms with E-state index in [0.29, 0.717) is 22.2 Å². The third-order valence-corrected chi connectivity index (χ3v) is 5.73.